The normalized spacial score (nSPS) is 14.8. The molecule has 1 unspecified atom stereocenters. The molecule has 0 aromatic carbocycles. The Morgan fingerprint density at radius 1 is 1.36 bits per heavy atom. The van der Waals surface area contributed by atoms with Crippen molar-refractivity contribution in [3.05, 3.63) is 0 Å². The number of hydrogen-bond acceptors (Lipinski definition) is 2. The Balaban J connectivity index is 3.70. The van der Waals surface area contributed by atoms with Crippen molar-refractivity contribution in [1.29, 1.82) is 0 Å². The topological polar surface area (TPSA) is 21.3 Å². The van der Waals surface area contributed by atoms with Crippen molar-refractivity contribution in [3.63, 3.8) is 0 Å². The highest BCUT2D eigenvalue weighted by Gasteiger charge is 2.41. The van der Waals surface area contributed by atoms with Crippen LogP contribution >= 0.6 is 0 Å². The molecule has 0 spiro atoms. The zero-order valence-corrected chi connectivity index (χ0v) is 8.20. The molecule has 0 bridgehead atoms. The number of likely N-dealkylation sites (N-methyl/N-ethyl adjacent to an activating group) is 1. The highest BCUT2D eigenvalue weighted by Crippen LogP contribution is 2.23. The Labute approximate surface area is 80.6 Å². The van der Waals surface area contributed by atoms with E-state index in [2.05, 4.69) is 10.1 Å². The number of rotatable bonds is 7. The summed E-state index contributed by atoms with van der Waals surface area (Å²) in [5.74, 6) is -4.06. The van der Waals surface area contributed by atoms with E-state index in [4.69, 9.17) is 0 Å². The molecule has 0 aliphatic carbocycles. The average molecular weight is 217 g/mol. The van der Waals surface area contributed by atoms with E-state index < -0.39 is 25.1 Å². The molecule has 2 nitrogen and oxygen atoms in total. The highest BCUT2D eigenvalue weighted by atomic mass is 19.3. The third-order valence-corrected chi connectivity index (χ3v) is 1.56. The van der Waals surface area contributed by atoms with E-state index in [1.807, 2.05) is 6.92 Å². The van der Waals surface area contributed by atoms with E-state index in [9.17, 15) is 17.6 Å². The summed E-state index contributed by atoms with van der Waals surface area (Å²) in [5, 5.41) is 2.86. The summed E-state index contributed by atoms with van der Waals surface area (Å²) in [6.45, 7) is 3.21. The quantitative estimate of drug-likeness (QED) is 0.657. The van der Waals surface area contributed by atoms with Crippen LogP contribution in [0.5, 0.6) is 0 Å². The summed E-state index contributed by atoms with van der Waals surface area (Å²) >= 11 is 0. The largest absolute Gasteiger partial charge is 0.371 e. The molecule has 0 fully saturated rings. The van der Waals surface area contributed by atoms with Crippen LogP contribution in [0.3, 0.4) is 0 Å². The van der Waals surface area contributed by atoms with E-state index in [1.165, 1.54) is 0 Å². The first-order valence-corrected chi connectivity index (χ1v) is 4.38. The van der Waals surface area contributed by atoms with Gasteiger partial charge in [0.2, 0.25) is 0 Å². The van der Waals surface area contributed by atoms with Gasteiger partial charge >= 0.3 is 12.3 Å². The standard InChI is InChI=1S/C8H15F4NO/c1-3-13-4-6(2)14-5-8(11,12)7(9)10/h6-7,13H,3-5H2,1-2H3. The van der Waals surface area contributed by atoms with Gasteiger partial charge in [0.05, 0.1) is 6.10 Å². The van der Waals surface area contributed by atoms with Crippen LogP contribution in [-0.4, -0.2) is 38.1 Å². The van der Waals surface area contributed by atoms with Crippen molar-refractivity contribution in [1.82, 2.24) is 5.32 Å². The molecule has 0 heterocycles. The van der Waals surface area contributed by atoms with Crippen molar-refractivity contribution >= 4 is 0 Å². The minimum absolute atomic E-state index is 0.371. The molecule has 0 aromatic heterocycles. The molecule has 0 aliphatic heterocycles. The molecule has 1 N–H and O–H groups in total. The van der Waals surface area contributed by atoms with Crippen LogP contribution in [0.4, 0.5) is 17.6 Å². The predicted octanol–water partition coefficient (Wildman–Crippen LogP) is 1.90. The molecule has 6 heteroatoms. The van der Waals surface area contributed by atoms with E-state index >= 15 is 0 Å². The van der Waals surface area contributed by atoms with E-state index in [-0.39, 0.29) is 0 Å². The third-order valence-electron chi connectivity index (χ3n) is 1.56. The van der Waals surface area contributed by atoms with Crippen molar-refractivity contribution in [2.24, 2.45) is 0 Å². The molecule has 0 rings (SSSR count). The Morgan fingerprint density at radius 2 is 1.93 bits per heavy atom. The number of nitrogens with one attached hydrogen (secondary N) is 1. The summed E-state index contributed by atoms with van der Waals surface area (Å²) in [5.41, 5.74) is 0. The van der Waals surface area contributed by atoms with Gasteiger partial charge in [-0.25, -0.2) is 8.78 Å². The minimum atomic E-state index is -4.06. The van der Waals surface area contributed by atoms with Gasteiger partial charge in [0.15, 0.2) is 0 Å². The molecule has 86 valence electrons. The Bertz CT molecular complexity index is 154. The molecule has 14 heavy (non-hydrogen) atoms. The Hall–Kier alpha value is -0.360. The fourth-order valence-corrected chi connectivity index (χ4v) is 0.723. The molecule has 1 atom stereocenters. The fourth-order valence-electron chi connectivity index (χ4n) is 0.723. The lowest BCUT2D eigenvalue weighted by Gasteiger charge is -2.19. The summed E-state index contributed by atoms with van der Waals surface area (Å²) in [7, 11) is 0. The summed E-state index contributed by atoms with van der Waals surface area (Å²) in [4.78, 5) is 0. The monoisotopic (exact) mass is 217 g/mol. The van der Waals surface area contributed by atoms with Gasteiger partial charge in [0.1, 0.15) is 6.61 Å². The second-order valence-electron chi connectivity index (χ2n) is 2.99. The second kappa shape index (κ2) is 6.19. The Morgan fingerprint density at radius 3 is 2.36 bits per heavy atom. The Kier molecular flexibility index (Phi) is 6.03. The fraction of sp³-hybridized carbons (Fsp3) is 1.00. The number of halogens is 4. The van der Waals surface area contributed by atoms with Gasteiger partial charge in [-0.3, -0.25) is 0 Å². The van der Waals surface area contributed by atoms with Crippen LogP contribution in [0.15, 0.2) is 0 Å². The van der Waals surface area contributed by atoms with Gasteiger partial charge in [0, 0.05) is 6.54 Å². The molecular weight excluding hydrogens is 202 g/mol. The first kappa shape index (κ1) is 13.6. The maximum Gasteiger partial charge on any atom is 0.330 e. The number of hydrogen-bond donors (Lipinski definition) is 1. The SMILES string of the molecule is CCNCC(C)OCC(F)(F)C(F)F. The number of alkyl halides is 4. The molecule has 0 saturated carbocycles. The molecular formula is C8H15F4NO. The predicted molar refractivity (Wildman–Crippen MR) is 44.9 cm³/mol. The van der Waals surface area contributed by atoms with Gasteiger partial charge in [-0.15, -0.1) is 0 Å². The molecule has 0 aromatic rings. The van der Waals surface area contributed by atoms with Crippen LogP contribution in [0.2, 0.25) is 0 Å². The minimum Gasteiger partial charge on any atom is -0.371 e. The van der Waals surface area contributed by atoms with Crippen LogP contribution in [0, 0.1) is 0 Å². The molecule has 0 amide bonds. The van der Waals surface area contributed by atoms with E-state index in [0.717, 1.165) is 0 Å². The third kappa shape index (κ3) is 5.39. The molecule has 0 radical (unpaired) electrons. The maximum atomic E-state index is 12.3. The van der Waals surface area contributed by atoms with Crippen molar-refractivity contribution in [2.45, 2.75) is 32.3 Å². The van der Waals surface area contributed by atoms with Crippen LogP contribution in [0.25, 0.3) is 0 Å². The van der Waals surface area contributed by atoms with E-state index in [1.54, 1.807) is 6.92 Å². The van der Waals surface area contributed by atoms with Gasteiger partial charge in [-0.1, -0.05) is 6.92 Å². The van der Waals surface area contributed by atoms with Crippen molar-refractivity contribution in [2.75, 3.05) is 19.7 Å². The van der Waals surface area contributed by atoms with Crippen LogP contribution in [0.1, 0.15) is 13.8 Å². The van der Waals surface area contributed by atoms with Gasteiger partial charge in [0.25, 0.3) is 0 Å². The maximum absolute atomic E-state index is 12.3. The van der Waals surface area contributed by atoms with Gasteiger partial charge in [-0.2, -0.15) is 8.78 Å². The smallest absolute Gasteiger partial charge is 0.330 e. The lowest BCUT2D eigenvalue weighted by molar-refractivity contribution is -0.174. The number of ether oxygens (including phenoxy) is 1. The molecule has 0 saturated heterocycles. The summed E-state index contributed by atoms with van der Waals surface area (Å²) in [6.07, 6.45) is -4.17. The zero-order valence-electron chi connectivity index (χ0n) is 8.20. The summed E-state index contributed by atoms with van der Waals surface area (Å²) < 4.78 is 52.6. The lowest BCUT2D eigenvalue weighted by Crippen LogP contribution is -2.36. The van der Waals surface area contributed by atoms with Crippen molar-refractivity contribution in [3.8, 4) is 0 Å². The second-order valence-corrected chi connectivity index (χ2v) is 2.99. The van der Waals surface area contributed by atoms with Gasteiger partial charge < -0.3 is 10.1 Å². The van der Waals surface area contributed by atoms with Gasteiger partial charge in [-0.05, 0) is 13.5 Å². The lowest BCUT2D eigenvalue weighted by atomic mass is 10.3. The first-order valence-electron chi connectivity index (χ1n) is 4.38. The first-order chi connectivity index (χ1) is 6.40. The average Bonchev–Trinajstić information content (AvgIpc) is 2.11. The van der Waals surface area contributed by atoms with E-state index in [0.29, 0.717) is 13.1 Å². The van der Waals surface area contributed by atoms with Crippen LogP contribution < -0.4 is 5.32 Å². The zero-order chi connectivity index (χ0) is 11.2. The van der Waals surface area contributed by atoms with Crippen molar-refractivity contribution < 1.29 is 22.3 Å². The highest BCUT2D eigenvalue weighted by molar-refractivity contribution is 4.69. The molecule has 0 aliphatic rings. The summed E-state index contributed by atoms with van der Waals surface area (Å²) in [6, 6.07) is 0. The van der Waals surface area contributed by atoms with Crippen LogP contribution in [-0.2, 0) is 4.74 Å².